The largest absolute Gasteiger partial charge is 0.424 e. The SMILES string of the molecule is Brc1nc(Oc2ccccc2)n(C2CSC2)n1. The van der Waals surface area contributed by atoms with Crippen LogP contribution in [0.4, 0.5) is 0 Å². The number of rotatable bonds is 3. The van der Waals surface area contributed by atoms with Crippen LogP contribution in [0.1, 0.15) is 6.04 Å². The molecule has 2 heterocycles. The molecule has 0 unspecified atom stereocenters. The van der Waals surface area contributed by atoms with E-state index in [1.165, 1.54) is 0 Å². The Kier molecular flexibility index (Phi) is 3.07. The molecule has 0 aliphatic carbocycles. The van der Waals surface area contributed by atoms with Crippen LogP contribution in [-0.2, 0) is 0 Å². The van der Waals surface area contributed by atoms with Gasteiger partial charge in [-0.25, -0.2) is 4.68 Å². The van der Waals surface area contributed by atoms with Crippen LogP contribution in [0.3, 0.4) is 0 Å². The van der Waals surface area contributed by atoms with Crippen molar-refractivity contribution in [3.63, 3.8) is 0 Å². The van der Waals surface area contributed by atoms with Crippen molar-refractivity contribution in [1.82, 2.24) is 14.8 Å². The molecule has 1 fully saturated rings. The summed E-state index contributed by atoms with van der Waals surface area (Å²) in [5.41, 5.74) is 0. The van der Waals surface area contributed by atoms with E-state index < -0.39 is 0 Å². The molecule has 3 rings (SSSR count). The molecule has 0 saturated carbocycles. The van der Waals surface area contributed by atoms with Gasteiger partial charge in [-0.1, -0.05) is 18.2 Å². The molecular weight excluding hydrogens is 302 g/mol. The first-order valence-corrected chi connectivity index (χ1v) is 7.20. The highest BCUT2D eigenvalue weighted by Crippen LogP contribution is 2.33. The van der Waals surface area contributed by atoms with Crippen LogP contribution in [0.15, 0.2) is 35.1 Å². The number of nitrogens with zero attached hydrogens (tertiary/aromatic N) is 3. The third-order valence-electron chi connectivity index (χ3n) is 2.49. The van der Waals surface area contributed by atoms with Crippen LogP contribution in [-0.4, -0.2) is 26.3 Å². The van der Waals surface area contributed by atoms with Gasteiger partial charge in [0.2, 0.25) is 4.73 Å². The fourth-order valence-electron chi connectivity index (χ4n) is 1.55. The van der Waals surface area contributed by atoms with Crippen LogP contribution in [0.5, 0.6) is 11.8 Å². The van der Waals surface area contributed by atoms with Gasteiger partial charge in [0.15, 0.2) is 0 Å². The summed E-state index contributed by atoms with van der Waals surface area (Å²) in [6, 6.07) is 10.6. The molecule has 4 nitrogen and oxygen atoms in total. The zero-order valence-electron chi connectivity index (χ0n) is 8.91. The summed E-state index contributed by atoms with van der Waals surface area (Å²) in [5.74, 6) is 2.92. The maximum Gasteiger partial charge on any atom is 0.321 e. The maximum atomic E-state index is 5.74. The number of thioether (sulfide) groups is 1. The highest BCUT2D eigenvalue weighted by Gasteiger charge is 2.25. The van der Waals surface area contributed by atoms with Crippen LogP contribution in [0, 0.1) is 0 Å². The Balaban J connectivity index is 1.87. The molecule has 0 radical (unpaired) electrons. The van der Waals surface area contributed by atoms with Gasteiger partial charge in [0.1, 0.15) is 5.75 Å². The Bertz CT molecular complexity index is 513. The van der Waals surface area contributed by atoms with Gasteiger partial charge in [-0.05, 0) is 28.1 Å². The average molecular weight is 312 g/mol. The standard InChI is InChI=1S/C11H10BrN3OS/c12-10-13-11(15(14-10)8-6-17-7-8)16-9-4-2-1-3-5-9/h1-5,8H,6-7H2. The molecule has 0 spiro atoms. The number of para-hydroxylation sites is 1. The lowest BCUT2D eigenvalue weighted by Gasteiger charge is -2.25. The minimum atomic E-state index is 0.400. The fraction of sp³-hybridized carbons (Fsp3) is 0.273. The Labute approximate surface area is 112 Å². The molecule has 17 heavy (non-hydrogen) atoms. The van der Waals surface area contributed by atoms with Gasteiger partial charge in [0, 0.05) is 11.5 Å². The molecular formula is C11H10BrN3OS. The van der Waals surface area contributed by atoms with Crippen molar-refractivity contribution in [2.75, 3.05) is 11.5 Å². The zero-order valence-corrected chi connectivity index (χ0v) is 11.3. The second-order valence-electron chi connectivity index (χ2n) is 3.71. The van der Waals surface area contributed by atoms with Crippen LogP contribution < -0.4 is 4.74 Å². The smallest absolute Gasteiger partial charge is 0.321 e. The summed E-state index contributed by atoms with van der Waals surface area (Å²) in [6.07, 6.45) is 0. The summed E-state index contributed by atoms with van der Waals surface area (Å²) < 4.78 is 8.16. The van der Waals surface area contributed by atoms with Crippen molar-refractivity contribution in [2.24, 2.45) is 0 Å². The Morgan fingerprint density at radius 2 is 2.06 bits per heavy atom. The van der Waals surface area contributed by atoms with E-state index in [2.05, 4.69) is 26.0 Å². The van der Waals surface area contributed by atoms with E-state index in [0.717, 1.165) is 17.3 Å². The molecule has 0 bridgehead atoms. The minimum absolute atomic E-state index is 0.400. The second kappa shape index (κ2) is 4.70. The quantitative estimate of drug-likeness (QED) is 0.873. The third kappa shape index (κ3) is 2.32. The summed E-state index contributed by atoms with van der Waals surface area (Å²) in [6.45, 7) is 0. The van der Waals surface area contributed by atoms with E-state index in [4.69, 9.17) is 4.74 Å². The highest BCUT2D eigenvalue weighted by molar-refractivity contribution is 9.10. The lowest BCUT2D eigenvalue weighted by atomic mass is 10.3. The lowest BCUT2D eigenvalue weighted by Crippen LogP contribution is -2.24. The Morgan fingerprint density at radius 3 is 2.71 bits per heavy atom. The van der Waals surface area contributed by atoms with Gasteiger partial charge in [-0.2, -0.15) is 16.7 Å². The maximum absolute atomic E-state index is 5.74. The third-order valence-corrected chi connectivity index (χ3v) is 4.07. The minimum Gasteiger partial charge on any atom is -0.424 e. The molecule has 88 valence electrons. The van der Waals surface area contributed by atoms with Crippen molar-refractivity contribution in [1.29, 1.82) is 0 Å². The van der Waals surface area contributed by atoms with Crippen molar-refractivity contribution < 1.29 is 4.74 Å². The monoisotopic (exact) mass is 311 g/mol. The molecule has 1 saturated heterocycles. The number of hydrogen-bond acceptors (Lipinski definition) is 4. The lowest BCUT2D eigenvalue weighted by molar-refractivity contribution is 0.375. The number of ether oxygens (including phenoxy) is 1. The first-order chi connectivity index (χ1) is 8.33. The van der Waals surface area contributed by atoms with Gasteiger partial charge in [0.05, 0.1) is 6.04 Å². The number of aromatic nitrogens is 3. The normalized spacial score (nSPS) is 15.6. The van der Waals surface area contributed by atoms with Crippen LogP contribution >= 0.6 is 27.7 Å². The van der Waals surface area contributed by atoms with Crippen molar-refractivity contribution in [2.45, 2.75) is 6.04 Å². The summed E-state index contributed by atoms with van der Waals surface area (Å²) in [4.78, 5) is 4.25. The van der Waals surface area contributed by atoms with E-state index in [1.807, 2.05) is 46.8 Å². The Hall–Kier alpha value is -1.01. The van der Waals surface area contributed by atoms with Crippen molar-refractivity contribution in [3.05, 3.63) is 35.1 Å². The molecule has 0 amide bonds. The summed E-state index contributed by atoms with van der Waals surface area (Å²) in [5, 5.41) is 4.31. The van der Waals surface area contributed by atoms with Crippen LogP contribution in [0.25, 0.3) is 0 Å². The first kappa shape index (κ1) is 11.1. The van der Waals surface area contributed by atoms with Gasteiger partial charge < -0.3 is 4.74 Å². The van der Waals surface area contributed by atoms with Gasteiger partial charge in [0.25, 0.3) is 0 Å². The number of halogens is 1. The molecule has 6 heteroatoms. The first-order valence-electron chi connectivity index (χ1n) is 5.25. The number of benzene rings is 1. The van der Waals surface area contributed by atoms with E-state index in [9.17, 15) is 0 Å². The Morgan fingerprint density at radius 1 is 1.29 bits per heavy atom. The molecule has 1 aliphatic heterocycles. The fourth-order valence-corrected chi connectivity index (χ4v) is 2.60. The molecule has 1 aromatic heterocycles. The van der Waals surface area contributed by atoms with Gasteiger partial charge in [-0.3, -0.25) is 0 Å². The second-order valence-corrected chi connectivity index (χ2v) is 5.50. The van der Waals surface area contributed by atoms with Crippen molar-refractivity contribution >= 4 is 27.7 Å². The number of hydrogen-bond donors (Lipinski definition) is 0. The average Bonchev–Trinajstić information content (AvgIpc) is 2.59. The van der Waals surface area contributed by atoms with E-state index >= 15 is 0 Å². The van der Waals surface area contributed by atoms with Gasteiger partial charge in [-0.15, -0.1) is 5.10 Å². The van der Waals surface area contributed by atoms with E-state index in [1.54, 1.807) is 0 Å². The zero-order chi connectivity index (χ0) is 11.7. The topological polar surface area (TPSA) is 39.9 Å². The molecule has 0 atom stereocenters. The summed E-state index contributed by atoms with van der Waals surface area (Å²) in [7, 11) is 0. The van der Waals surface area contributed by atoms with Crippen molar-refractivity contribution in [3.8, 4) is 11.8 Å². The predicted molar refractivity (Wildman–Crippen MR) is 70.6 cm³/mol. The van der Waals surface area contributed by atoms with Crippen LogP contribution in [0.2, 0.25) is 0 Å². The van der Waals surface area contributed by atoms with Gasteiger partial charge >= 0.3 is 6.01 Å². The molecule has 2 aromatic rings. The highest BCUT2D eigenvalue weighted by atomic mass is 79.9. The molecule has 0 N–H and O–H groups in total. The van der Waals surface area contributed by atoms with E-state index in [0.29, 0.717) is 16.8 Å². The van der Waals surface area contributed by atoms with E-state index in [-0.39, 0.29) is 0 Å². The summed E-state index contributed by atoms with van der Waals surface area (Å²) >= 11 is 5.19. The predicted octanol–water partition coefficient (Wildman–Crippen LogP) is 3.12. The molecule has 1 aromatic carbocycles. The molecule has 1 aliphatic rings.